The highest BCUT2D eigenvalue weighted by Crippen LogP contribution is 2.32. The van der Waals surface area contributed by atoms with E-state index in [0.29, 0.717) is 11.1 Å². The number of benzene rings is 3. The lowest BCUT2D eigenvalue weighted by atomic mass is 9.77. The first-order valence-corrected chi connectivity index (χ1v) is 8.83. The maximum Gasteiger partial charge on any atom is 0.174 e. The molecular formula is C24H22O2. The van der Waals surface area contributed by atoms with E-state index < -0.39 is 5.92 Å². The van der Waals surface area contributed by atoms with Gasteiger partial charge in [-0.25, -0.2) is 0 Å². The van der Waals surface area contributed by atoms with E-state index in [9.17, 15) is 9.59 Å². The van der Waals surface area contributed by atoms with Crippen LogP contribution in [0.25, 0.3) is 0 Å². The highest BCUT2D eigenvalue weighted by Gasteiger charge is 2.34. The summed E-state index contributed by atoms with van der Waals surface area (Å²) in [5.41, 5.74) is 3.27. The molecule has 130 valence electrons. The molecule has 1 atom stereocenters. The molecule has 1 unspecified atom stereocenters. The minimum absolute atomic E-state index is 0.129. The van der Waals surface area contributed by atoms with Crippen LogP contribution in [-0.2, 0) is 0 Å². The molecule has 3 aromatic rings. The number of ketones is 2. The lowest BCUT2D eigenvalue weighted by molar-refractivity contribution is 0.0787. The Morgan fingerprint density at radius 2 is 1.08 bits per heavy atom. The molecule has 2 nitrogen and oxygen atoms in total. The van der Waals surface area contributed by atoms with Crippen LogP contribution >= 0.6 is 0 Å². The molecule has 0 N–H and O–H groups in total. The van der Waals surface area contributed by atoms with Crippen LogP contribution < -0.4 is 0 Å². The van der Waals surface area contributed by atoms with Gasteiger partial charge in [0.15, 0.2) is 11.6 Å². The molecule has 0 aliphatic rings. The Morgan fingerprint density at radius 1 is 0.654 bits per heavy atom. The highest BCUT2D eigenvalue weighted by atomic mass is 16.2. The van der Waals surface area contributed by atoms with E-state index in [1.54, 1.807) is 24.3 Å². The van der Waals surface area contributed by atoms with Crippen molar-refractivity contribution in [3.8, 4) is 0 Å². The molecule has 0 aliphatic carbocycles. The zero-order chi connectivity index (χ0) is 18.5. The van der Waals surface area contributed by atoms with Crippen molar-refractivity contribution in [1.29, 1.82) is 0 Å². The van der Waals surface area contributed by atoms with E-state index in [1.807, 2.05) is 74.5 Å². The van der Waals surface area contributed by atoms with Crippen LogP contribution in [0.4, 0.5) is 0 Å². The maximum absolute atomic E-state index is 13.3. The Hall–Kier alpha value is -3.00. The fourth-order valence-electron chi connectivity index (χ4n) is 3.41. The summed E-state index contributed by atoms with van der Waals surface area (Å²) in [5, 5.41) is 0. The highest BCUT2D eigenvalue weighted by molar-refractivity contribution is 6.16. The third-order valence-electron chi connectivity index (χ3n) is 4.86. The van der Waals surface area contributed by atoms with Gasteiger partial charge in [-0.3, -0.25) is 9.59 Å². The molecular weight excluding hydrogens is 320 g/mol. The molecule has 2 heteroatoms. The van der Waals surface area contributed by atoms with E-state index in [1.165, 1.54) is 0 Å². The van der Waals surface area contributed by atoms with Gasteiger partial charge in [0, 0.05) is 11.1 Å². The minimum atomic E-state index is -0.749. The second kappa shape index (κ2) is 7.92. The molecule has 0 amide bonds. The summed E-state index contributed by atoms with van der Waals surface area (Å²) >= 11 is 0. The van der Waals surface area contributed by atoms with Crippen LogP contribution in [0.1, 0.15) is 44.7 Å². The fraction of sp³-hybridized carbons (Fsp3) is 0.167. The monoisotopic (exact) mass is 342 g/mol. The lowest BCUT2D eigenvalue weighted by Gasteiger charge is -2.24. The van der Waals surface area contributed by atoms with Crippen LogP contribution in [-0.4, -0.2) is 11.6 Å². The Kier molecular flexibility index (Phi) is 5.43. The lowest BCUT2D eigenvalue weighted by Crippen LogP contribution is -2.30. The van der Waals surface area contributed by atoms with E-state index >= 15 is 0 Å². The molecule has 0 fully saturated rings. The summed E-state index contributed by atoms with van der Waals surface area (Å²) in [6, 6.07) is 26.1. The molecule has 3 aromatic carbocycles. The van der Waals surface area contributed by atoms with Crippen molar-refractivity contribution in [2.24, 2.45) is 5.92 Å². The topological polar surface area (TPSA) is 34.1 Å². The van der Waals surface area contributed by atoms with Crippen LogP contribution in [0.3, 0.4) is 0 Å². The maximum atomic E-state index is 13.3. The average molecular weight is 342 g/mol. The summed E-state index contributed by atoms with van der Waals surface area (Å²) in [5.74, 6) is -1.22. The number of Topliss-reactive ketones (excluding diaryl/α,β-unsaturated/α-hetero) is 2. The van der Waals surface area contributed by atoms with Crippen molar-refractivity contribution in [2.45, 2.75) is 19.8 Å². The van der Waals surface area contributed by atoms with Gasteiger partial charge in [-0.15, -0.1) is 0 Å². The normalized spacial score (nSPS) is 12.0. The summed E-state index contributed by atoms with van der Waals surface area (Å²) < 4.78 is 0. The standard InChI is InChI=1S/C24H22O2/c1-17-11-9-10-16-21(17)18(2)22(23(25)19-12-5-3-6-13-19)24(26)20-14-7-4-8-15-20/h3-16,18,22H,1-2H3. The third-order valence-corrected chi connectivity index (χ3v) is 4.86. The molecule has 0 radical (unpaired) electrons. The van der Waals surface area contributed by atoms with E-state index in [-0.39, 0.29) is 17.5 Å². The van der Waals surface area contributed by atoms with Gasteiger partial charge in [0.2, 0.25) is 0 Å². The number of hydrogen-bond donors (Lipinski definition) is 0. The second-order valence-corrected chi connectivity index (χ2v) is 6.58. The molecule has 0 saturated heterocycles. The number of hydrogen-bond acceptors (Lipinski definition) is 2. The average Bonchev–Trinajstić information content (AvgIpc) is 2.69. The van der Waals surface area contributed by atoms with Gasteiger partial charge in [0.1, 0.15) is 0 Å². The molecule has 0 heterocycles. The van der Waals surface area contributed by atoms with Gasteiger partial charge in [-0.1, -0.05) is 91.9 Å². The first-order chi connectivity index (χ1) is 12.6. The molecule has 26 heavy (non-hydrogen) atoms. The number of aryl methyl sites for hydroxylation is 1. The second-order valence-electron chi connectivity index (χ2n) is 6.58. The third kappa shape index (κ3) is 3.65. The first kappa shape index (κ1) is 17.8. The van der Waals surface area contributed by atoms with Crippen LogP contribution in [0, 0.1) is 12.8 Å². The predicted octanol–water partition coefficient (Wildman–Crippen LogP) is 5.48. The van der Waals surface area contributed by atoms with Gasteiger partial charge in [-0.05, 0) is 24.0 Å². The summed E-state index contributed by atoms with van der Waals surface area (Å²) in [4.78, 5) is 26.5. The molecule has 0 spiro atoms. The molecule has 0 saturated carbocycles. The Bertz CT molecular complexity index is 846. The van der Waals surface area contributed by atoms with Crippen molar-refractivity contribution in [3.63, 3.8) is 0 Å². The van der Waals surface area contributed by atoms with Gasteiger partial charge < -0.3 is 0 Å². The van der Waals surface area contributed by atoms with Gasteiger partial charge in [0.25, 0.3) is 0 Å². The van der Waals surface area contributed by atoms with Crippen LogP contribution in [0.2, 0.25) is 0 Å². The number of rotatable bonds is 6. The molecule has 0 aromatic heterocycles. The van der Waals surface area contributed by atoms with Crippen molar-refractivity contribution in [2.75, 3.05) is 0 Å². The zero-order valence-electron chi connectivity index (χ0n) is 15.1. The molecule has 0 bridgehead atoms. The first-order valence-electron chi connectivity index (χ1n) is 8.83. The number of carbonyl (C=O) groups is 2. The predicted molar refractivity (Wildman–Crippen MR) is 105 cm³/mol. The van der Waals surface area contributed by atoms with Crippen molar-refractivity contribution >= 4 is 11.6 Å². The smallest absolute Gasteiger partial charge is 0.174 e. The van der Waals surface area contributed by atoms with E-state index in [2.05, 4.69) is 0 Å². The summed E-state index contributed by atoms with van der Waals surface area (Å²) in [7, 11) is 0. The number of carbonyl (C=O) groups excluding carboxylic acids is 2. The van der Waals surface area contributed by atoms with Gasteiger partial charge in [-0.2, -0.15) is 0 Å². The fourth-order valence-corrected chi connectivity index (χ4v) is 3.41. The van der Waals surface area contributed by atoms with Crippen LogP contribution in [0.5, 0.6) is 0 Å². The van der Waals surface area contributed by atoms with E-state index in [0.717, 1.165) is 11.1 Å². The largest absolute Gasteiger partial charge is 0.293 e. The SMILES string of the molecule is Cc1ccccc1C(C)C(C(=O)c1ccccc1)C(=O)c1ccccc1. The zero-order valence-corrected chi connectivity index (χ0v) is 15.1. The van der Waals surface area contributed by atoms with Crippen molar-refractivity contribution in [1.82, 2.24) is 0 Å². The summed E-state index contributed by atoms with van der Waals surface area (Å²) in [6.45, 7) is 3.98. The van der Waals surface area contributed by atoms with E-state index in [4.69, 9.17) is 0 Å². The Balaban J connectivity index is 2.06. The minimum Gasteiger partial charge on any atom is -0.293 e. The summed E-state index contributed by atoms with van der Waals surface area (Å²) in [6.07, 6.45) is 0. The van der Waals surface area contributed by atoms with Gasteiger partial charge >= 0.3 is 0 Å². The van der Waals surface area contributed by atoms with Gasteiger partial charge in [0.05, 0.1) is 5.92 Å². The van der Waals surface area contributed by atoms with Crippen LogP contribution in [0.15, 0.2) is 84.9 Å². The Morgan fingerprint density at radius 3 is 1.54 bits per heavy atom. The molecule has 0 aliphatic heterocycles. The Labute approximate surface area is 154 Å². The van der Waals surface area contributed by atoms with Crippen molar-refractivity contribution < 1.29 is 9.59 Å². The quantitative estimate of drug-likeness (QED) is 0.439. The molecule has 3 rings (SSSR count). The van der Waals surface area contributed by atoms with Crippen molar-refractivity contribution in [3.05, 3.63) is 107 Å².